The van der Waals surface area contributed by atoms with Crippen molar-refractivity contribution >= 4 is 46.2 Å². The van der Waals surface area contributed by atoms with Gasteiger partial charge in [0.25, 0.3) is 5.91 Å². The summed E-state index contributed by atoms with van der Waals surface area (Å²) in [5.41, 5.74) is 1.34. The molecular formula is C19H17ClN2O4S. The van der Waals surface area contributed by atoms with E-state index in [1.54, 1.807) is 56.5 Å². The number of nitrogens with zero attached hydrogens (tertiary/aromatic N) is 1. The molecule has 8 heteroatoms. The molecular weight excluding hydrogens is 388 g/mol. The van der Waals surface area contributed by atoms with Crippen molar-refractivity contribution < 1.29 is 19.4 Å². The van der Waals surface area contributed by atoms with E-state index in [-0.39, 0.29) is 22.4 Å². The van der Waals surface area contributed by atoms with E-state index >= 15 is 0 Å². The number of amidine groups is 1. The normalized spacial score (nSPS) is 16.6. The number of amides is 1. The second kappa shape index (κ2) is 8.37. The molecule has 27 heavy (non-hydrogen) atoms. The van der Waals surface area contributed by atoms with Crippen LogP contribution in [0.1, 0.15) is 12.5 Å². The summed E-state index contributed by atoms with van der Waals surface area (Å²) in [4.78, 5) is 17.1. The highest BCUT2D eigenvalue weighted by Gasteiger charge is 2.24. The zero-order chi connectivity index (χ0) is 19.4. The van der Waals surface area contributed by atoms with Crippen LogP contribution < -0.4 is 14.8 Å². The Morgan fingerprint density at radius 2 is 2.04 bits per heavy atom. The number of ether oxygens (including phenoxy) is 2. The van der Waals surface area contributed by atoms with Crippen LogP contribution in [-0.2, 0) is 4.79 Å². The minimum Gasteiger partial charge on any atom is -0.503 e. The van der Waals surface area contributed by atoms with Crippen molar-refractivity contribution in [3.05, 3.63) is 51.9 Å². The molecule has 2 N–H and O–H groups in total. The predicted molar refractivity (Wildman–Crippen MR) is 108 cm³/mol. The van der Waals surface area contributed by atoms with Crippen molar-refractivity contribution in [1.29, 1.82) is 0 Å². The van der Waals surface area contributed by atoms with Crippen molar-refractivity contribution in [2.24, 2.45) is 4.99 Å². The molecule has 0 bridgehead atoms. The van der Waals surface area contributed by atoms with Crippen molar-refractivity contribution in [1.82, 2.24) is 5.32 Å². The number of thioether (sulfide) groups is 1. The first-order valence-electron chi connectivity index (χ1n) is 8.09. The fourth-order valence-corrected chi connectivity index (χ4v) is 3.41. The van der Waals surface area contributed by atoms with Gasteiger partial charge in [0.15, 0.2) is 16.7 Å². The van der Waals surface area contributed by atoms with Crippen molar-refractivity contribution in [3.8, 4) is 17.2 Å². The second-order valence-electron chi connectivity index (χ2n) is 5.46. The van der Waals surface area contributed by atoms with Gasteiger partial charge in [0, 0.05) is 0 Å². The van der Waals surface area contributed by atoms with E-state index in [4.69, 9.17) is 21.1 Å². The van der Waals surface area contributed by atoms with Crippen LogP contribution in [0.3, 0.4) is 0 Å². The third-order valence-electron chi connectivity index (χ3n) is 3.60. The summed E-state index contributed by atoms with van der Waals surface area (Å²) in [6.45, 7) is 2.19. The predicted octanol–water partition coefficient (Wildman–Crippen LogP) is 4.34. The largest absolute Gasteiger partial charge is 0.503 e. The SMILES string of the molecule is CCOc1cc(/C=C2/SC(=Nc3ccc(OC)cc3)NC2=O)cc(Cl)c1O. The number of phenols is 1. The van der Waals surface area contributed by atoms with E-state index in [2.05, 4.69) is 10.3 Å². The van der Waals surface area contributed by atoms with Crippen molar-refractivity contribution in [2.45, 2.75) is 6.92 Å². The smallest absolute Gasteiger partial charge is 0.264 e. The van der Waals surface area contributed by atoms with Crippen LogP contribution in [0.25, 0.3) is 6.08 Å². The maximum absolute atomic E-state index is 12.2. The average molecular weight is 405 g/mol. The molecule has 1 fully saturated rings. The number of carbonyl (C=O) groups excluding carboxylic acids is 1. The van der Waals surface area contributed by atoms with E-state index in [1.165, 1.54) is 11.8 Å². The topological polar surface area (TPSA) is 80.2 Å². The van der Waals surface area contributed by atoms with Crippen LogP contribution in [0, 0.1) is 0 Å². The molecule has 1 heterocycles. The number of aliphatic imine (C=N–C) groups is 1. The number of aromatic hydroxyl groups is 1. The summed E-state index contributed by atoms with van der Waals surface area (Å²) in [5, 5.41) is 13.3. The summed E-state index contributed by atoms with van der Waals surface area (Å²) in [6.07, 6.45) is 1.67. The Morgan fingerprint density at radius 1 is 1.30 bits per heavy atom. The van der Waals surface area contributed by atoms with Crippen LogP contribution in [0.2, 0.25) is 5.02 Å². The van der Waals surface area contributed by atoms with Crippen molar-refractivity contribution in [2.75, 3.05) is 13.7 Å². The zero-order valence-corrected chi connectivity index (χ0v) is 16.2. The molecule has 140 valence electrons. The van der Waals surface area contributed by atoms with E-state index in [1.807, 2.05) is 0 Å². The number of rotatable bonds is 5. The molecule has 1 aliphatic rings. The van der Waals surface area contributed by atoms with Gasteiger partial charge in [-0.25, -0.2) is 4.99 Å². The van der Waals surface area contributed by atoms with Crippen LogP contribution in [0.5, 0.6) is 17.2 Å². The van der Waals surface area contributed by atoms with Gasteiger partial charge in [-0.05, 0) is 66.7 Å². The highest BCUT2D eigenvalue weighted by molar-refractivity contribution is 8.18. The highest BCUT2D eigenvalue weighted by atomic mass is 35.5. The van der Waals surface area contributed by atoms with Gasteiger partial charge in [-0.2, -0.15) is 0 Å². The molecule has 2 aromatic carbocycles. The first kappa shape index (κ1) is 19.1. The molecule has 0 unspecified atom stereocenters. The number of nitrogens with one attached hydrogen (secondary N) is 1. The van der Waals surface area contributed by atoms with E-state index in [0.29, 0.717) is 27.9 Å². The number of hydrogen-bond donors (Lipinski definition) is 2. The molecule has 0 aliphatic carbocycles. The van der Waals surface area contributed by atoms with E-state index in [0.717, 1.165) is 5.75 Å². The quantitative estimate of drug-likeness (QED) is 0.724. The number of methoxy groups -OCH3 is 1. The minimum absolute atomic E-state index is 0.119. The van der Waals surface area contributed by atoms with Gasteiger partial charge < -0.3 is 19.9 Å². The number of phenolic OH excluding ortho intramolecular Hbond substituents is 1. The highest BCUT2D eigenvalue weighted by Crippen LogP contribution is 2.37. The maximum atomic E-state index is 12.2. The summed E-state index contributed by atoms with van der Waals surface area (Å²) in [6, 6.07) is 10.4. The first-order chi connectivity index (χ1) is 13.0. The Hall–Kier alpha value is -2.64. The standard InChI is InChI=1S/C19H17ClN2O4S/c1-3-26-15-9-11(8-14(20)17(15)23)10-16-18(24)22-19(27-16)21-12-4-6-13(25-2)7-5-12/h4-10,23H,3H2,1-2H3,(H,21,22,24)/b16-10+. The molecule has 1 saturated heterocycles. The van der Waals surface area contributed by atoms with Gasteiger partial charge in [0.05, 0.1) is 29.3 Å². The van der Waals surface area contributed by atoms with Gasteiger partial charge in [0.1, 0.15) is 5.75 Å². The van der Waals surface area contributed by atoms with Gasteiger partial charge in [-0.15, -0.1) is 0 Å². The Kier molecular flexibility index (Phi) is 5.93. The minimum atomic E-state index is -0.255. The maximum Gasteiger partial charge on any atom is 0.264 e. The second-order valence-corrected chi connectivity index (χ2v) is 6.90. The Labute approximate surface area is 165 Å². The van der Waals surface area contributed by atoms with Crippen LogP contribution >= 0.6 is 23.4 Å². The fourth-order valence-electron chi connectivity index (χ4n) is 2.35. The number of carbonyl (C=O) groups is 1. The molecule has 2 aromatic rings. The third-order valence-corrected chi connectivity index (χ3v) is 4.80. The number of hydrogen-bond acceptors (Lipinski definition) is 6. The lowest BCUT2D eigenvalue weighted by Crippen LogP contribution is -2.19. The summed E-state index contributed by atoms with van der Waals surface area (Å²) >= 11 is 7.26. The summed E-state index contributed by atoms with van der Waals surface area (Å²) < 4.78 is 10.5. The lowest BCUT2D eigenvalue weighted by molar-refractivity contribution is -0.115. The average Bonchev–Trinajstić information content (AvgIpc) is 2.99. The van der Waals surface area contributed by atoms with E-state index < -0.39 is 0 Å². The monoisotopic (exact) mass is 404 g/mol. The molecule has 0 atom stereocenters. The van der Waals surface area contributed by atoms with Crippen molar-refractivity contribution in [3.63, 3.8) is 0 Å². The fraction of sp³-hybridized carbons (Fsp3) is 0.158. The molecule has 0 radical (unpaired) electrons. The summed E-state index contributed by atoms with van der Waals surface area (Å²) in [7, 11) is 1.59. The molecule has 1 aliphatic heterocycles. The van der Waals surface area contributed by atoms with Gasteiger partial charge >= 0.3 is 0 Å². The molecule has 3 rings (SSSR count). The number of halogens is 1. The summed E-state index contributed by atoms with van der Waals surface area (Å²) in [5.74, 6) is 0.629. The lowest BCUT2D eigenvalue weighted by atomic mass is 10.2. The Morgan fingerprint density at radius 3 is 2.70 bits per heavy atom. The molecule has 0 saturated carbocycles. The van der Waals surface area contributed by atoms with Gasteiger partial charge in [-0.1, -0.05) is 11.6 Å². The molecule has 0 aromatic heterocycles. The van der Waals surface area contributed by atoms with Gasteiger partial charge in [-0.3, -0.25) is 4.79 Å². The first-order valence-corrected chi connectivity index (χ1v) is 9.28. The van der Waals surface area contributed by atoms with Crippen LogP contribution in [-0.4, -0.2) is 29.9 Å². The van der Waals surface area contributed by atoms with Crippen LogP contribution in [0.4, 0.5) is 5.69 Å². The molecule has 0 spiro atoms. The van der Waals surface area contributed by atoms with Gasteiger partial charge in [0.2, 0.25) is 0 Å². The zero-order valence-electron chi connectivity index (χ0n) is 14.7. The lowest BCUT2D eigenvalue weighted by Gasteiger charge is -2.08. The van der Waals surface area contributed by atoms with E-state index in [9.17, 15) is 9.90 Å². The van der Waals surface area contributed by atoms with Crippen LogP contribution in [0.15, 0.2) is 46.3 Å². The molecule has 1 amide bonds. The Balaban J connectivity index is 1.83. The third kappa shape index (κ3) is 4.56. The number of benzene rings is 2. The molecule has 6 nitrogen and oxygen atoms in total. The Bertz CT molecular complexity index is 926.